The van der Waals surface area contributed by atoms with Gasteiger partial charge in [-0.1, -0.05) is 6.42 Å². The van der Waals surface area contributed by atoms with Crippen LogP contribution in [-0.4, -0.2) is 75.4 Å². The third-order valence-corrected chi connectivity index (χ3v) is 7.72. The molecule has 2 fully saturated rings. The second kappa shape index (κ2) is 10.4. The third-order valence-electron chi connectivity index (χ3n) is 5.81. The zero-order valence-electron chi connectivity index (χ0n) is 17.9. The van der Waals surface area contributed by atoms with Gasteiger partial charge in [-0.3, -0.25) is 9.59 Å². The van der Waals surface area contributed by atoms with Crippen LogP contribution in [0.2, 0.25) is 0 Å². The summed E-state index contributed by atoms with van der Waals surface area (Å²) in [6.45, 7) is 0.748. The largest absolute Gasteiger partial charge is 0.469 e. The highest BCUT2D eigenvalue weighted by Gasteiger charge is 2.31. The quantitative estimate of drug-likeness (QED) is 0.581. The van der Waals surface area contributed by atoms with Crippen molar-refractivity contribution in [2.24, 2.45) is 5.92 Å². The molecule has 1 amide bonds. The summed E-state index contributed by atoms with van der Waals surface area (Å²) in [6.07, 6.45) is 3.22. The van der Waals surface area contributed by atoms with Crippen LogP contribution >= 0.6 is 0 Å². The van der Waals surface area contributed by atoms with Crippen LogP contribution in [0.1, 0.15) is 42.5 Å². The summed E-state index contributed by atoms with van der Waals surface area (Å²) in [4.78, 5) is 37.2. The van der Waals surface area contributed by atoms with E-state index < -0.39 is 39.2 Å². The number of esters is 2. The van der Waals surface area contributed by atoms with Gasteiger partial charge in [-0.15, -0.1) is 0 Å². The van der Waals surface area contributed by atoms with Crippen molar-refractivity contribution in [2.45, 2.75) is 37.0 Å². The van der Waals surface area contributed by atoms with Crippen molar-refractivity contribution < 1.29 is 36.7 Å². The molecule has 1 aromatic rings. The standard InChI is InChI=1S/C21H27FN2O7S/c1-30-20(26)15-7-11-23(12-8-15)19(25)14-31-21(27)16-5-6-17(22)18(13-16)32(28,29)24-9-3-2-4-10-24/h5-6,13,15H,2-4,7-12,14H2,1H3. The fourth-order valence-electron chi connectivity index (χ4n) is 3.91. The first-order valence-electron chi connectivity index (χ1n) is 10.6. The van der Waals surface area contributed by atoms with Crippen molar-refractivity contribution in [3.63, 3.8) is 0 Å². The minimum atomic E-state index is -4.07. The van der Waals surface area contributed by atoms with E-state index in [1.165, 1.54) is 16.3 Å². The number of carbonyl (C=O) groups is 3. The summed E-state index contributed by atoms with van der Waals surface area (Å²) < 4.78 is 50.8. The number of nitrogens with zero attached hydrogens (tertiary/aromatic N) is 2. The summed E-state index contributed by atoms with van der Waals surface area (Å²) >= 11 is 0. The van der Waals surface area contributed by atoms with Crippen molar-refractivity contribution >= 4 is 27.9 Å². The van der Waals surface area contributed by atoms with E-state index in [1.807, 2.05) is 0 Å². The van der Waals surface area contributed by atoms with Crippen LogP contribution in [0.4, 0.5) is 4.39 Å². The first kappa shape index (κ1) is 24.1. The number of methoxy groups -OCH3 is 1. The number of hydrogen-bond donors (Lipinski definition) is 0. The molecule has 2 saturated heterocycles. The molecule has 11 heteroatoms. The van der Waals surface area contributed by atoms with Crippen LogP contribution in [0, 0.1) is 11.7 Å². The van der Waals surface area contributed by atoms with Crippen molar-refractivity contribution in [1.82, 2.24) is 9.21 Å². The number of amides is 1. The van der Waals surface area contributed by atoms with Crippen LogP contribution in [0.15, 0.2) is 23.1 Å². The predicted octanol–water partition coefficient (Wildman–Crippen LogP) is 1.57. The topological polar surface area (TPSA) is 110 Å². The lowest BCUT2D eigenvalue weighted by atomic mass is 9.97. The van der Waals surface area contributed by atoms with E-state index in [2.05, 4.69) is 0 Å². The molecule has 0 aromatic heterocycles. The SMILES string of the molecule is COC(=O)C1CCN(C(=O)COC(=O)c2ccc(F)c(S(=O)(=O)N3CCCCC3)c2)CC1. The van der Waals surface area contributed by atoms with E-state index in [1.54, 1.807) is 0 Å². The first-order valence-corrected chi connectivity index (χ1v) is 12.0. The highest BCUT2D eigenvalue weighted by atomic mass is 32.2. The van der Waals surface area contributed by atoms with Crippen LogP contribution in [-0.2, 0) is 29.1 Å². The molecule has 0 spiro atoms. The summed E-state index contributed by atoms with van der Waals surface area (Å²) in [5, 5.41) is 0. The molecular weight excluding hydrogens is 443 g/mol. The maximum absolute atomic E-state index is 14.3. The van der Waals surface area contributed by atoms with E-state index in [9.17, 15) is 27.2 Å². The Hall–Kier alpha value is -2.53. The van der Waals surface area contributed by atoms with Gasteiger partial charge in [0.25, 0.3) is 5.91 Å². The number of likely N-dealkylation sites (tertiary alicyclic amines) is 1. The maximum Gasteiger partial charge on any atom is 0.338 e. The molecule has 2 heterocycles. The highest BCUT2D eigenvalue weighted by Crippen LogP contribution is 2.24. The molecule has 3 rings (SSSR count). The maximum atomic E-state index is 14.3. The van der Waals surface area contributed by atoms with Crippen LogP contribution in [0.25, 0.3) is 0 Å². The van der Waals surface area contributed by atoms with Crippen LogP contribution in [0.5, 0.6) is 0 Å². The summed E-state index contributed by atoms with van der Waals surface area (Å²) in [7, 11) is -2.76. The normalized spacial score (nSPS) is 18.2. The van der Waals surface area contributed by atoms with Gasteiger partial charge >= 0.3 is 11.9 Å². The monoisotopic (exact) mass is 470 g/mol. The van der Waals surface area contributed by atoms with Gasteiger partial charge in [0.1, 0.15) is 10.7 Å². The number of ether oxygens (including phenoxy) is 2. The van der Waals surface area contributed by atoms with Gasteiger partial charge in [0.05, 0.1) is 18.6 Å². The van der Waals surface area contributed by atoms with E-state index in [0.29, 0.717) is 51.9 Å². The first-order chi connectivity index (χ1) is 15.2. The van der Waals surface area contributed by atoms with Gasteiger partial charge in [0.2, 0.25) is 10.0 Å². The Kier molecular flexibility index (Phi) is 7.83. The fraction of sp³-hybridized carbons (Fsp3) is 0.571. The number of halogens is 1. The van der Waals surface area contributed by atoms with E-state index in [4.69, 9.17) is 9.47 Å². The van der Waals surface area contributed by atoms with Gasteiger partial charge in [-0.2, -0.15) is 4.31 Å². The van der Waals surface area contributed by atoms with Gasteiger partial charge in [-0.25, -0.2) is 17.6 Å². The molecule has 9 nitrogen and oxygen atoms in total. The second-order valence-corrected chi connectivity index (χ2v) is 9.77. The van der Waals surface area contributed by atoms with Crippen LogP contribution in [0.3, 0.4) is 0 Å². The van der Waals surface area contributed by atoms with Gasteiger partial charge in [0, 0.05) is 26.2 Å². The van der Waals surface area contributed by atoms with Crippen molar-refractivity contribution in [1.29, 1.82) is 0 Å². The Bertz CT molecular complexity index is 968. The molecule has 0 saturated carbocycles. The number of benzene rings is 1. The minimum Gasteiger partial charge on any atom is -0.469 e. The zero-order valence-corrected chi connectivity index (χ0v) is 18.7. The Balaban J connectivity index is 1.60. The van der Waals surface area contributed by atoms with Crippen molar-refractivity contribution in [3.8, 4) is 0 Å². The Labute approximate surface area is 186 Å². The lowest BCUT2D eigenvalue weighted by Crippen LogP contribution is -2.42. The number of carbonyl (C=O) groups excluding carboxylic acids is 3. The summed E-state index contributed by atoms with van der Waals surface area (Å²) in [5.74, 6) is -2.86. The second-order valence-electron chi connectivity index (χ2n) is 7.86. The molecular formula is C21H27FN2O7S. The molecule has 0 aliphatic carbocycles. The van der Waals surface area contributed by atoms with Crippen LogP contribution < -0.4 is 0 Å². The van der Waals surface area contributed by atoms with E-state index in [0.717, 1.165) is 24.6 Å². The number of rotatable bonds is 6. The molecule has 1 aromatic carbocycles. The molecule has 176 valence electrons. The summed E-state index contributed by atoms with van der Waals surface area (Å²) in [6, 6.07) is 2.99. The molecule has 2 aliphatic heterocycles. The average molecular weight is 471 g/mol. The lowest BCUT2D eigenvalue weighted by molar-refractivity contribution is -0.149. The van der Waals surface area contributed by atoms with E-state index >= 15 is 0 Å². The Morgan fingerprint density at radius 3 is 2.34 bits per heavy atom. The number of hydrogen-bond acceptors (Lipinski definition) is 7. The Morgan fingerprint density at radius 1 is 1.06 bits per heavy atom. The molecule has 0 unspecified atom stereocenters. The molecule has 0 bridgehead atoms. The van der Waals surface area contributed by atoms with Crippen molar-refractivity contribution in [2.75, 3.05) is 39.9 Å². The third kappa shape index (κ3) is 5.44. The molecule has 0 atom stereocenters. The zero-order chi connectivity index (χ0) is 23.3. The fourth-order valence-corrected chi connectivity index (χ4v) is 5.51. The highest BCUT2D eigenvalue weighted by molar-refractivity contribution is 7.89. The van der Waals surface area contributed by atoms with Crippen molar-refractivity contribution in [3.05, 3.63) is 29.6 Å². The van der Waals surface area contributed by atoms with E-state index in [-0.39, 0.29) is 17.5 Å². The molecule has 0 radical (unpaired) electrons. The summed E-state index contributed by atoms with van der Waals surface area (Å²) in [5.41, 5.74) is -0.154. The Morgan fingerprint density at radius 2 is 1.72 bits per heavy atom. The van der Waals surface area contributed by atoms with Gasteiger partial charge < -0.3 is 14.4 Å². The predicted molar refractivity (Wildman–Crippen MR) is 111 cm³/mol. The smallest absolute Gasteiger partial charge is 0.338 e. The number of sulfonamides is 1. The molecule has 2 aliphatic rings. The van der Waals surface area contributed by atoms with Gasteiger partial charge in [-0.05, 0) is 43.9 Å². The average Bonchev–Trinajstić information content (AvgIpc) is 2.82. The van der Waals surface area contributed by atoms with Gasteiger partial charge in [0.15, 0.2) is 6.61 Å². The minimum absolute atomic E-state index is 0.154. The number of piperidine rings is 2. The lowest BCUT2D eigenvalue weighted by Gasteiger charge is -2.30. The molecule has 32 heavy (non-hydrogen) atoms. The molecule has 0 N–H and O–H groups in total.